The van der Waals surface area contributed by atoms with E-state index in [0.717, 1.165) is 25.7 Å². The molecule has 0 aliphatic heterocycles. The average molecular weight is 264 g/mol. The molecule has 2 N–H and O–H groups in total. The number of aliphatic hydroxyl groups is 1. The first-order valence-corrected chi connectivity index (χ1v) is 7.81. The van der Waals surface area contributed by atoms with E-state index in [9.17, 15) is 8.42 Å². The van der Waals surface area contributed by atoms with E-state index in [2.05, 4.69) is 4.72 Å². The first-order valence-electron chi connectivity index (χ1n) is 6.37. The van der Waals surface area contributed by atoms with Crippen LogP contribution in [0, 0.1) is 0 Å². The third-order valence-electron chi connectivity index (χ3n) is 3.50. The molecule has 0 aromatic carbocycles. The zero-order valence-corrected chi connectivity index (χ0v) is 11.5. The molecule has 1 saturated carbocycles. The number of rotatable bonds is 6. The Hall–Kier alpha value is -0.170. The van der Waals surface area contributed by atoms with Gasteiger partial charge in [-0.15, -0.1) is 0 Å². The molecule has 1 rings (SSSR count). The summed E-state index contributed by atoms with van der Waals surface area (Å²) in [7, 11) is -1.83. The lowest BCUT2D eigenvalue weighted by atomic mass is 9.96. The van der Waals surface area contributed by atoms with Crippen molar-refractivity contribution in [2.45, 2.75) is 57.5 Å². The summed E-state index contributed by atoms with van der Waals surface area (Å²) in [5.41, 5.74) is 0. The van der Waals surface area contributed by atoms with Crippen LogP contribution in [0.3, 0.4) is 0 Å². The van der Waals surface area contributed by atoms with E-state index in [1.54, 1.807) is 7.05 Å². The van der Waals surface area contributed by atoms with Crippen LogP contribution in [0.1, 0.15) is 45.4 Å². The second-order valence-electron chi connectivity index (χ2n) is 4.72. The van der Waals surface area contributed by atoms with Crippen molar-refractivity contribution in [3.05, 3.63) is 0 Å². The van der Waals surface area contributed by atoms with Crippen molar-refractivity contribution in [1.29, 1.82) is 0 Å². The first-order chi connectivity index (χ1) is 8.01. The summed E-state index contributed by atoms with van der Waals surface area (Å²) in [6.07, 6.45) is 5.87. The van der Waals surface area contributed by atoms with Crippen molar-refractivity contribution in [2.24, 2.45) is 0 Å². The molecule has 0 heterocycles. The summed E-state index contributed by atoms with van der Waals surface area (Å²) in [5, 5.41) is 9.04. The highest BCUT2D eigenvalue weighted by Crippen LogP contribution is 2.23. The van der Waals surface area contributed by atoms with Gasteiger partial charge in [0.25, 0.3) is 10.2 Å². The smallest absolute Gasteiger partial charge is 0.279 e. The summed E-state index contributed by atoms with van der Waals surface area (Å²) < 4.78 is 28.1. The molecular weight excluding hydrogens is 240 g/mol. The summed E-state index contributed by atoms with van der Waals surface area (Å²) in [6.45, 7) is 1.69. The Balaban J connectivity index is 2.61. The summed E-state index contributed by atoms with van der Waals surface area (Å²) in [5.74, 6) is 0. The fourth-order valence-corrected chi connectivity index (χ4v) is 3.62. The molecule has 0 spiro atoms. The maximum Gasteiger partial charge on any atom is 0.279 e. The Morgan fingerprint density at radius 2 is 1.94 bits per heavy atom. The van der Waals surface area contributed by atoms with Crippen LogP contribution in [0.15, 0.2) is 0 Å². The van der Waals surface area contributed by atoms with Crippen LogP contribution < -0.4 is 4.72 Å². The summed E-state index contributed by atoms with van der Waals surface area (Å²) in [4.78, 5) is 0. The molecule has 0 aromatic rings. The molecule has 1 aliphatic carbocycles. The molecule has 0 saturated heterocycles. The van der Waals surface area contributed by atoms with Gasteiger partial charge in [0, 0.05) is 19.1 Å². The number of hydrogen-bond donors (Lipinski definition) is 2. The number of hydrogen-bond acceptors (Lipinski definition) is 3. The van der Waals surface area contributed by atoms with E-state index in [0.29, 0.717) is 6.42 Å². The van der Waals surface area contributed by atoms with E-state index < -0.39 is 10.2 Å². The van der Waals surface area contributed by atoms with Crippen LogP contribution >= 0.6 is 0 Å². The van der Waals surface area contributed by atoms with Crippen LogP contribution in [0.25, 0.3) is 0 Å². The Labute approximate surface area is 104 Å². The van der Waals surface area contributed by atoms with Crippen LogP contribution in [0.2, 0.25) is 0 Å². The third kappa shape index (κ3) is 4.21. The van der Waals surface area contributed by atoms with Gasteiger partial charge >= 0.3 is 0 Å². The molecule has 6 heteroatoms. The van der Waals surface area contributed by atoms with Crippen molar-refractivity contribution >= 4 is 10.2 Å². The van der Waals surface area contributed by atoms with Crippen molar-refractivity contribution in [1.82, 2.24) is 9.03 Å². The second kappa shape index (κ2) is 6.68. The van der Waals surface area contributed by atoms with Crippen LogP contribution in [-0.2, 0) is 10.2 Å². The molecule has 1 atom stereocenters. The van der Waals surface area contributed by atoms with Gasteiger partial charge in [0.1, 0.15) is 0 Å². The quantitative estimate of drug-likeness (QED) is 0.747. The van der Waals surface area contributed by atoms with Crippen LogP contribution in [-0.4, -0.2) is 43.6 Å². The largest absolute Gasteiger partial charge is 0.395 e. The second-order valence-corrected chi connectivity index (χ2v) is 6.48. The summed E-state index contributed by atoms with van der Waals surface area (Å²) in [6, 6.07) is -0.275. The lowest BCUT2D eigenvalue weighted by Gasteiger charge is -2.31. The van der Waals surface area contributed by atoms with E-state index >= 15 is 0 Å². The Kier molecular flexibility index (Phi) is 5.85. The van der Waals surface area contributed by atoms with Crippen LogP contribution in [0.5, 0.6) is 0 Å². The van der Waals surface area contributed by atoms with Gasteiger partial charge in [-0.1, -0.05) is 26.2 Å². The lowest BCUT2D eigenvalue weighted by molar-refractivity contribution is 0.244. The minimum Gasteiger partial charge on any atom is -0.395 e. The topological polar surface area (TPSA) is 69.6 Å². The first kappa shape index (κ1) is 14.9. The van der Waals surface area contributed by atoms with Gasteiger partial charge in [0.05, 0.1) is 6.61 Å². The van der Waals surface area contributed by atoms with Crippen molar-refractivity contribution < 1.29 is 13.5 Å². The van der Waals surface area contributed by atoms with Gasteiger partial charge in [0.2, 0.25) is 0 Å². The van der Waals surface area contributed by atoms with Gasteiger partial charge < -0.3 is 5.11 Å². The SMILES string of the molecule is CC[C@@H](CO)NS(=O)(=O)N(C)C1CCCCC1. The minimum absolute atomic E-state index is 0.109. The third-order valence-corrected chi connectivity index (χ3v) is 5.18. The van der Waals surface area contributed by atoms with Crippen molar-refractivity contribution in [3.8, 4) is 0 Å². The molecule has 0 bridgehead atoms. The molecule has 102 valence electrons. The predicted octanol–water partition coefficient (Wildman–Crippen LogP) is 0.856. The monoisotopic (exact) mass is 264 g/mol. The molecule has 0 unspecified atom stereocenters. The standard InChI is InChI=1S/C11H24N2O3S/c1-3-10(9-14)12-17(15,16)13(2)11-7-5-4-6-8-11/h10-12,14H,3-9H2,1-2H3/t10-/m0/s1. The minimum atomic E-state index is -3.46. The molecule has 0 aromatic heterocycles. The molecule has 1 aliphatic rings. The summed E-state index contributed by atoms with van der Waals surface area (Å²) >= 11 is 0. The Morgan fingerprint density at radius 3 is 2.41 bits per heavy atom. The maximum absolute atomic E-state index is 12.1. The van der Waals surface area contributed by atoms with E-state index in [-0.39, 0.29) is 18.7 Å². The van der Waals surface area contributed by atoms with Gasteiger partial charge in [-0.05, 0) is 19.3 Å². The van der Waals surface area contributed by atoms with Crippen LogP contribution in [0.4, 0.5) is 0 Å². The zero-order valence-electron chi connectivity index (χ0n) is 10.7. The zero-order chi connectivity index (χ0) is 12.9. The molecule has 17 heavy (non-hydrogen) atoms. The fourth-order valence-electron chi connectivity index (χ4n) is 2.18. The predicted molar refractivity (Wildman–Crippen MR) is 67.9 cm³/mol. The van der Waals surface area contributed by atoms with Gasteiger partial charge in [-0.3, -0.25) is 0 Å². The maximum atomic E-state index is 12.1. The van der Waals surface area contributed by atoms with E-state index in [1.807, 2.05) is 6.92 Å². The number of aliphatic hydroxyl groups excluding tert-OH is 1. The van der Waals surface area contributed by atoms with Crippen molar-refractivity contribution in [2.75, 3.05) is 13.7 Å². The fraction of sp³-hybridized carbons (Fsp3) is 1.00. The Morgan fingerprint density at radius 1 is 1.35 bits per heavy atom. The molecular formula is C11H24N2O3S. The van der Waals surface area contributed by atoms with E-state index in [4.69, 9.17) is 5.11 Å². The highest BCUT2D eigenvalue weighted by Gasteiger charge is 2.28. The lowest BCUT2D eigenvalue weighted by Crippen LogP contribution is -2.49. The number of nitrogens with zero attached hydrogens (tertiary/aromatic N) is 1. The van der Waals surface area contributed by atoms with Gasteiger partial charge in [0.15, 0.2) is 0 Å². The highest BCUT2D eigenvalue weighted by atomic mass is 32.2. The van der Waals surface area contributed by atoms with E-state index in [1.165, 1.54) is 10.7 Å². The number of nitrogens with one attached hydrogen (secondary N) is 1. The molecule has 0 radical (unpaired) electrons. The average Bonchev–Trinajstić information content (AvgIpc) is 2.36. The molecule has 5 nitrogen and oxygen atoms in total. The normalized spacial score (nSPS) is 20.7. The molecule has 0 amide bonds. The highest BCUT2D eigenvalue weighted by molar-refractivity contribution is 7.87. The Bertz CT molecular complexity index is 309. The molecule has 1 fully saturated rings. The van der Waals surface area contributed by atoms with Crippen molar-refractivity contribution in [3.63, 3.8) is 0 Å². The van der Waals surface area contributed by atoms with Gasteiger partial charge in [-0.2, -0.15) is 17.4 Å². The van der Waals surface area contributed by atoms with Gasteiger partial charge in [-0.25, -0.2) is 0 Å².